The molecule has 3 aromatic rings. The van der Waals surface area contributed by atoms with Crippen molar-refractivity contribution in [2.75, 3.05) is 0 Å². The highest BCUT2D eigenvalue weighted by molar-refractivity contribution is 5.92. The number of phenols is 2. The van der Waals surface area contributed by atoms with Crippen molar-refractivity contribution in [1.29, 1.82) is 0 Å². The van der Waals surface area contributed by atoms with Gasteiger partial charge < -0.3 is 10.2 Å². The quantitative estimate of drug-likeness (QED) is 0.668. The molecule has 22 heavy (non-hydrogen) atoms. The molecular formula is C17H11F3O2. The summed E-state index contributed by atoms with van der Waals surface area (Å²) in [4.78, 5) is 0. The summed E-state index contributed by atoms with van der Waals surface area (Å²) < 4.78 is 39.4. The van der Waals surface area contributed by atoms with Gasteiger partial charge >= 0.3 is 6.18 Å². The van der Waals surface area contributed by atoms with E-state index in [1.54, 1.807) is 24.3 Å². The molecule has 0 heterocycles. The fourth-order valence-corrected chi connectivity index (χ4v) is 2.45. The molecule has 0 saturated carbocycles. The molecule has 0 aromatic heterocycles. The van der Waals surface area contributed by atoms with Crippen molar-refractivity contribution in [3.63, 3.8) is 0 Å². The maximum Gasteiger partial charge on any atom is 0.417 e. The third kappa shape index (κ3) is 2.45. The number of halogens is 3. The van der Waals surface area contributed by atoms with Crippen LogP contribution in [-0.2, 0) is 6.18 Å². The van der Waals surface area contributed by atoms with E-state index in [4.69, 9.17) is 0 Å². The Morgan fingerprint density at radius 2 is 1.59 bits per heavy atom. The molecule has 2 nitrogen and oxygen atoms in total. The van der Waals surface area contributed by atoms with Gasteiger partial charge in [0, 0.05) is 5.39 Å². The lowest BCUT2D eigenvalue weighted by molar-refractivity contribution is -0.137. The summed E-state index contributed by atoms with van der Waals surface area (Å²) in [5.41, 5.74) is -0.548. The highest BCUT2D eigenvalue weighted by atomic mass is 19.4. The van der Waals surface area contributed by atoms with E-state index in [1.807, 2.05) is 0 Å². The van der Waals surface area contributed by atoms with Crippen molar-refractivity contribution < 1.29 is 23.4 Å². The zero-order valence-corrected chi connectivity index (χ0v) is 11.2. The van der Waals surface area contributed by atoms with E-state index in [-0.39, 0.29) is 11.3 Å². The fourth-order valence-electron chi connectivity index (χ4n) is 2.45. The molecule has 0 fully saturated rings. The third-order valence-electron chi connectivity index (χ3n) is 3.48. The second-order valence-corrected chi connectivity index (χ2v) is 4.94. The first kappa shape index (κ1) is 14.3. The molecule has 0 unspecified atom stereocenters. The Hall–Kier alpha value is -2.69. The van der Waals surface area contributed by atoms with E-state index in [9.17, 15) is 23.4 Å². The van der Waals surface area contributed by atoms with Crippen molar-refractivity contribution in [3.8, 4) is 22.6 Å². The number of aromatic hydroxyl groups is 2. The minimum absolute atomic E-state index is 0.0180. The number of hydrogen-bond donors (Lipinski definition) is 2. The molecule has 0 spiro atoms. The van der Waals surface area contributed by atoms with E-state index in [0.717, 1.165) is 0 Å². The standard InChI is InChI=1S/C17H11F3O2/c18-17(19,20)15-9-12(21)5-7-13(15)11-4-6-14-10(8-11)2-1-3-16(14)22/h1-9,21-22H. The molecule has 0 radical (unpaired) electrons. The van der Waals surface area contributed by atoms with Gasteiger partial charge in [0.2, 0.25) is 0 Å². The lowest BCUT2D eigenvalue weighted by Gasteiger charge is -2.14. The van der Waals surface area contributed by atoms with Gasteiger partial charge in [-0.15, -0.1) is 0 Å². The molecular weight excluding hydrogens is 293 g/mol. The van der Waals surface area contributed by atoms with Gasteiger partial charge in [-0.25, -0.2) is 0 Å². The number of alkyl halides is 3. The van der Waals surface area contributed by atoms with Crippen molar-refractivity contribution >= 4 is 10.8 Å². The van der Waals surface area contributed by atoms with Gasteiger partial charge in [0.15, 0.2) is 0 Å². The Morgan fingerprint density at radius 3 is 2.32 bits per heavy atom. The van der Waals surface area contributed by atoms with Crippen molar-refractivity contribution in [3.05, 3.63) is 60.2 Å². The third-order valence-corrected chi connectivity index (χ3v) is 3.48. The molecule has 0 bridgehead atoms. The summed E-state index contributed by atoms with van der Waals surface area (Å²) in [7, 11) is 0. The predicted molar refractivity (Wildman–Crippen MR) is 77.7 cm³/mol. The van der Waals surface area contributed by atoms with Crippen LogP contribution in [0, 0.1) is 0 Å². The van der Waals surface area contributed by atoms with Crippen LogP contribution in [0.2, 0.25) is 0 Å². The molecule has 0 aliphatic carbocycles. The lowest BCUT2D eigenvalue weighted by atomic mass is 9.96. The monoisotopic (exact) mass is 304 g/mol. The first-order chi connectivity index (χ1) is 10.4. The number of benzene rings is 3. The summed E-state index contributed by atoms with van der Waals surface area (Å²) in [5.74, 6) is -0.361. The first-order valence-electron chi connectivity index (χ1n) is 6.48. The van der Waals surface area contributed by atoms with E-state index in [0.29, 0.717) is 22.4 Å². The molecule has 3 aromatic carbocycles. The molecule has 5 heteroatoms. The second kappa shape index (κ2) is 4.94. The molecule has 0 saturated heterocycles. The predicted octanol–water partition coefficient (Wildman–Crippen LogP) is 4.94. The van der Waals surface area contributed by atoms with E-state index < -0.39 is 17.5 Å². The zero-order valence-electron chi connectivity index (χ0n) is 11.2. The van der Waals surface area contributed by atoms with Crippen LogP contribution >= 0.6 is 0 Å². The largest absolute Gasteiger partial charge is 0.508 e. The van der Waals surface area contributed by atoms with Gasteiger partial charge in [-0.3, -0.25) is 0 Å². The highest BCUT2D eigenvalue weighted by Crippen LogP contribution is 2.40. The summed E-state index contributed by atoms with van der Waals surface area (Å²) in [5, 5.41) is 20.3. The van der Waals surface area contributed by atoms with E-state index in [2.05, 4.69) is 0 Å². The summed E-state index contributed by atoms with van der Waals surface area (Å²) in [6, 6.07) is 12.7. The molecule has 0 aliphatic rings. The van der Waals surface area contributed by atoms with Crippen molar-refractivity contribution in [2.45, 2.75) is 6.18 Å². The van der Waals surface area contributed by atoms with Gasteiger partial charge in [0.25, 0.3) is 0 Å². The second-order valence-electron chi connectivity index (χ2n) is 4.94. The van der Waals surface area contributed by atoms with Crippen LogP contribution in [0.25, 0.3) is 21.9 Å². The summed E-state index contributed by atoms with van der Waals surface area (Å²) >= 11 is 0. The minimum atomic E-state index is -4.57. The maximum absolute atomic E-state index is 13.1. The molecule has 0 amide bonds. The van der Waals surface area contributed by atoms with Crippen LogP contribution in [0.4, 0.5) is 13.2 Å². The topological polar surface area (TPSA) is 40.5 Å². The van der Waals surface area contributed by atoms with Gasteiger partial charge in [-0.2, -0.15) is 13.2 Å². The van der Waals surface area contributed by atoms with Gasteiger partial charge in [0.1, 0.15) is 11.5 Å². The summed E-state index contributed by atoms with van der Waals surface area (Å²) in [6.45, 7) is 0. The van der Waals surface area contributed by atoms with Crippen molar-refractivity contribution in [2.24, 2.45) is 0 Å². The van der Waals surface area contributed by atoms with Crippen LogP contribution in [0.3, 0.4) is 0 Å². The minimum Gasteiger partial charge on any atom is -0.508 e. The van der Waals surface area contributed by atoms with Crippen molar-refractivity contribution in [1.82, 2.24) is 0 Å². The smallest absolute Gasteiger partial charge is 0.417 e. The van der Waals surface area contributed by atoms with Crippen LogP contribution in [-0.4, -0.2) is 10.2 Å². The Kier molecular flexibility index (Phi) is 3.20. The van der Waals surface area contributed by atoms with Gasteiger partial charge in [-0.1, -0.05) is 30.3 Å². The Balaban J connectivity index is 2.24. The highest BCUT2D eigenvalue weighted by Gasteiger charge is 2.34. The van der Waals surface area contributed by atoms with Crippen LogP contribution in [0.15, 0.2) is 54.6 Å². The van der Waals surface area contributed by atoms with Crippen LogP contribution < -0.4 is 0 Å². The molecule has 112 valence electrons. The molecule has 0 atom stereocenters. The maximum atomic E-state index is 13.1. The normalized spacial score (nSPS) is 11.8. The Bertz CT molecular complexity index is 854. The zero-order chi connectivity index (χ0) is 15.9. The molecule has 2 N–H and O–H groups in total. The van der Waals surface area contributed by atoms with Crippen LogP contribution in [0.5, 0.6) is 11.5 Å². The van der Waals surface area contributed by atoms with Crippen LogP contribution in [0.1, 0.15) is 5.56 Å². The summed E-state index contributed by atoms with van der Waals surface area (Å²) in [6.07, 6.45) is -4.57. The molecule has 0 aliphatic heterocycles. The number of hydrogen-bond acceptors (Lipinski definition) is 2. The first-order valence-corrected chi connectivity index (χ1v) is 6.48. The lowest BCUT2D eigenvalue weighted by Crippen LogP contribution is -2.07. The number of fused-ring (bicyclic) bond motifs is 1. The van der Waals surface area contributed by atoms with Gasteiger partial charge in [-0.05, 0) is 40.8 Å². The average molecular weight is 304 g/mol. The number of phenolic OH excluding ortho intramolecular Hbond substituents is 2. The van der Waals surface area contributed by atoms with Gasteiger partial charge in [0.05, 0.1) is 5.56 Å². The Morgan fingerprint density at radius 1 is 0.818 bits per heavy atom. The van der Waals surface area contributed by atoms with E-state index in [1.165, 1.54) is 24.3 Å². The molecule has 3 rings (SSSR count). The van der Waals surface area contributed by atoms with E-state index >= 15 is 0 Å². The average Bonchev–Trinajstić information content (AvgIpc) is 2.46. The number of rotatable bonds is 1. The Labute approximate surface area is 124 Å². The SMILES string of the molecule is Oc1ccc(-c2ccc3c(O)cccc3c2)c(C(F)(F)F)c1. The fraction of sp³-hybridized carbons (Fsp3) is 0.0588.